The van der Waals surface area contributed by atoms with Gasteiger partial charge in [0.25, 0.3) is 0 Å². The Labute approximate surface area is 83.1 Å². The van der Waals surface area contributed by atoms with Gasteiger partial charge in [0.1, 0.15) is 0 Å². The molecule has 0 aromatic heterocycles. The van der Waals surface area contributed by atoms with Crippen LogP contribution >= 0.6 is 0 Å². The molecule has 0 aromatic carbocycles. The van der Waals surface area contributed by atoms with Gasteiger partial charge in [0, 0.05) is 0 Å². The quantitative estimate of drug-likeness (QED) is 0.561. The van der Waals surface area contributed by atoms with E-state index in [1.807, 2.05) is 0 Å². The van der Waals surface area contributed by atoms with Crippen molar-refractivity contribution in [2.24, 2.45) is 17.3 Å². The average Bonchev–Trinajstić information content (AvgIpc) is 2.17. The molecule has 0 aliphatic heterocycles. The molecule has 0 radical (unpaired) electrons. The van der Waals surface area contributed by atoms with Crippen LogP contribution in [0.3, 0.4) is 0 Å². The minimum Gasteiger partial charge on any atom is -0.0622 e. The first-order valence-electron chi connectivity index (χ1n) is 6.26. The number of hydrogen-bond donors (Lipinski definition) is 0. The van der Waals surface area contributed by atoms with Crippen molar-refractivity contribution < 1.29 is 0 Å². The van der Waals surface area contributed by atoms with Gasteiger partial charge in [0.2, 0.25) is 0 Å². The first-order chi connectivity index (χ1) is 6.26. The third-order valence-corrected chi connectivity index (χ3v) is 4.85. The highest BCUT2D eigenvalue weighted by molar-refractivity contribution is 4.94. The van der Waals surface area contributed by atoms with Crippen molar-refractivity contribution in [1.82, 2.24) is 0 Å². The molecule has 0 N–H and O–H groups in total. The highest BCUT2D eigenvalue weighted by Crippen LogP contribution is 2.54. The summed E-state index contributed by atoms with van der Waals surface area (Å²) in [6, 6.07) is 0. The van der Waals surface area contributed by atoms with Crippen molar-refractivity contribution in [1.29, 1.82) is 0 Å². The minimum absolute atomic E-state index is 0.774. The van der Waals surface area contributed by atoms with Crippen LogP contribution < -0.4 is 0 Å². The number of rotatable bonds is 1. The Bertz CT molecular complexity index is 157. The summed E-state index contributed by atoms with van der Waals surface area (Å²) in [5, 5.41) is 0. The summed E-state index contributed by atoms with van der Waals surface area (Å²) in [7, 11) is 0. The summed E-state index contributed by atoms with van der Waals surface area (Å²) in [6.07, 6.45) is 12.2. The lowest BCUT2D eigenvalue weighted by Gasteiger charge is -2.50. The zero-order valence-electron chi connectivity index (χ0n) is 9.31. The normalized spacial score (nSPS) is 40.4. The maximum absolute atomic E-state index is 2.46. The van der Waals surface area contributed by atoms with Crippen LogP contribution in [0.1, 0.15) is 65.2 Å². The van der Waals surface area contributed by atoms with Gasteiger partial charge in [0.15, 0.2) is 0 Å². The van der Waals surface area contributed by atoms with E-state index in [4.69, 9.17) is 0 Å². The van der Waals surface area contributed by atoms with Crippen molar-refractivity contribution in [3.63, 3.8) is 0 Å². The summed E-state index contributed by atoms with van der Waals surface area (Å²) in [5.41, 5.74) is 0.774. The van der Waals surface area contributed by atoms with Crippen LogP contribution in [0.2, 0.25) is 0 Å². The first kappa shape index (κ1) is 9.55. The van der Waals surface area contributed by atoms with Gasteiger partial charge < -0.3 is 0 Å². The van der Waals surface area contributed by atoms with Crippen LogP contribution in [0, 0.1) is 17.3 Å². The third-order valence-electron chi connectivity index (χ3n) is 4.85. The zero-order valence-corrected chi connectivity index (χ0v) is 9.31. The molecule has 0 aromatic rings. The van der Waals surface area contributed by atoms with Crippen LogP contribution in [0.15, 0.2) is 0 Å². The fourth-order valence-corrected chi connectivity index (χ4v) is 3.99. The Kier molecular flexibility index (Phi) is 2.67. The predicted octanol–water partition coefficient (Wildman–Crippen LogP) is 4.39. The molecular formula is C13H24. The van der Waals surface area contributed by atoms with E-state index in [1.165, 1.54) is 51.4 Å². The van der Waals surface area contributed by atoms with Gasteiger partial charge in [-0.15, -0.1) is 0 Å². The van der Waals surface area contributed by atoms with Crippen LogP contribution in [0.25, 0.3) is 0 Å². The molecule has 2 saturated carbocycles. The second kappa shape index (κ2) is 3.63. The molecule has 0 saturated heterocycles. The lowest BCUT2D eigenvalue weighted by Crippen LogP contribution is -2.40. The molecule has 0 nitrogen and oxygen atoms in total. The van der Waals surface area contributed by atoms with E-state index in [1.54, 1.807) is 0 Å². The first-order valence-corrected chi connectivity index (χ1v) is 6.26. The van der Waals surface area contributed by atoms with Gasteiger partial charge in [-0.1, -0.05) is 39.5 Å². The predicted molar refractivity (Wildman–Crippen MR) is 57.7 cm³/mol. The summed E-state index contributed by atoms with van der Waals surface area (Å²) < 4.78 is 0. The Morgan fingerprint density at radius 2 is 1.46 bits per heavy atom. The Hall–Kier alpha value is 0. The number of hydrogen-bond acceptors (Lipinski definition) is 0. The van der Waals surface area contributed by atoms with Crippen molar-refractivity contribution in [2.75, 3.05) is 0 Å². The Morgan fingerprint density at radius 3 is 1.85 bits per heavy atom. The number of fused-ring (bicyclic) bond motifs is 1. The highest BCUT2D eigenvalue weighted by Gasteiger charge is 2.43. The second-order valence-corrected chi connectivity index (χ2v) is 5.58. The van der Waals surface area contributed by atoms with Gasteiger partial charge in [-0.25, -0.2) is 0 Å². The summed E-state index contributed by atoms with van der Waals surface area (Å²) in [5.74, 6) is 2.02. The topological polar surface area (TPSA) is 0 Å². The van der Waals surface area contributed by atoms with E-state index in [9.17, 15) is 0 Å². The molecule has 13 heavy (non-hydrogen) atoms. The van der Waals surface area contributed by atoms with Gasteiger partial charge in [-0.2, -0.15) is 0 Å². The van der Waals surface area contributed by atoms with Crippen molar-refractivity contribution in [3.05, 3.63) is 0 Å². The summed E-state index contributed by atoms with van der Waals surface area (Å²) in [4.78, 5) is 0. The molecular weight excluding hydrogens is 156 g/mol. The summed E-state index contributed by atoms with van der Waals surface area (Å²) >= 11 is 0. The lowest BCUT2D eigenvalue weighted by molar-refractivity contribution is -0.0000933. The molecule has 76 valence electrons. The molecule has 0 bridgehead atoms. The van der Waals surface area contributed by atoms with Crippen molar-refractivity contribution in [2.45, 2.75) is 65.2 Å². The van der Waals surface area contributed by atoms with E-state index in [2.05, 4.69) is 13.8 Å². The summed E-state index contributed by atoms with van der Waals surface area (Å²) in [6.45, 7) is 4.92. The zero-order chi connectivity index (χ0) is 9.31. The Balaban J connectivity index is 2.16. The van der Waals surface area contributed by atoms with E-state index >= 15 is 0 Å². The highest BCUT2D eigenvalue weighted by atomic mass is 14.5. The van der Waals surface area contributed by atoms with Crippen LogP contribution in [-0.2, 0) is 0 Å². The van der Waals surface area contributed by atoms with Crippen molar-refractivity contribution >= 4 is 0 Å². The Morgan fingerprint density at radius 1 is 0.923 bits per heavy atom. The molecule has 0 atom stereocenters. The monoisotopic (exact) mass is 180 g/mol. The lowest BCUT2D eigenvalue weighted by atomic mass is 9.55. The van der Waals surface area contributed by atoms with E-state index in [-0.39, 0.29) is 0 Å². The van der Waals surface area contributed by atoms with Gasteiger partial charge in [-0.3, -0.25) is 0 Å². The van der Waals surface area contributed by atoms with Gasteiger partial charge in [-0.05, 0) is 42.9 Å². The largest absolute Gasteiger partial charge is 0.0622 e. The molecule has 2 aliphatic rings. The maximum atomic E-state index is 2.46. The smallest absolute Gasteiger partial charge is 0.0246 e. The average molecular weight is 180 g/mol. The molecule has 0 heterocycles. The van der Waals surface area contributed by atoms with E-state index in [0.717, 1.165) is 17.3 Å². The molecule has 0 amide bonds. The fourth-order valence-electron chi connectivity index (χ4n) is 3.99. The SMILES string of the molecule is CC(C)C12CCCCC1CCCC2. The van der Waals surface area contributed by atoms with Crippen LogP contribution in [0.4, 0.5) is 0 Å². The molecule has 0 spiro atoms. The van der Waals surface area contributed by atoms with Crippen LogP contribution in [0.5, 0.6) is 0 Å². The molecule has 2 fully saturated rings. The van der Waals surface area contributed by atoms with Crippen molar-refractivity contribution in [3.8, 4) is 0 Å². The van der Waals surface area contributed by atoms with Gasteiger partial charge in [0.05, 0.1) is 0 Å². The van der Waals surface area contributed by atoms with E-state index < -0.39 is 0 Å². The van der Waals surface area contributed by atoms with E-state index in [0.29, 0.717) is 0 Å². The fraction of sp³-hybridized carbons (Fsp3) is 1.00. The van der Waals surface area contributed by atoms with Gasteiger partial charge >= 0.3 is 0 Å². The molecule has 2 rings (SSSR count). The molecule has 0 heteroatoms. The maximum Gasteiger partial charge on any atom is -0.0246 e. The second-order valence-electron chi connectivity index (χ2n) is 5.58. The standard InChI is InChI=1S/C13H24/c1-11(2)13-9-5-3-7-12(13)8-4-6-10-13/h11-12H,3-10H2,1-2H3. The molecule has 0 unspecified atom stereocenters. The molecule has 2 aliphatic carbocycles. The van der Waals surface area contributed by atoms with Crippen LogP contribution in [-0.4, -0.2) is 0 Å². The third kappa shape index (κ3) is 1.53. The minimum atomic E-state index is 0.774.